The second-order valence-electron chi connectivity index (χ2n) is 19.1. The Hall–Kier alpha value is -6.65. The Morgan fingerprint density at radius 2 is 0.926 bits per heavy atom. The van der Waals surface area contributed by atoms with Crippen molar-refractivity contribution in [1.29, 1.82) is 0 Å². The summed E-state index contributed by atoms with van der Waals surface area (Å²) >= 11 is 0. The monoisotopic (exact) mass is 909 g/mol. The lowest BCUT2D eigenvalue weighted by Crippen LogP contribution is -2.44. The van der Waals surface area contributed by atoms with Crippen LogP contribution in [0.25, 0.3) is 32.8 Å². The van der Waals surface area contributed by atoms with E-state index in [1.807, 2.05) is 24.3 Å². The van der Waals surface area contributed by atoms with E-state index in [1.165, 1.54) is 113 Å². The summed E-state index contributed by atoms with van der Waals surface area (Å²) in [7, 11) is 2.20. The van der Waals surface area contributed by atoms with E-state index in [2.05, 4.69) is 158 Å². The van der Waals surface area contributed by atoms with Gasteiger partial charge in [0.1, 0.15) is 22.9 Å². The van der Waals surface area contributed by atoms with E-state index in [0.717, 1.165) is 81.8 Å². The first-order valence-corrected chi connectivity index (χ1v) is 25.0. The molecule has 0 saturated carbocycles. The molecule has 10 nitrogen and oxygen atoms in total. The molecule has 3 aliphatic heterocycles. The topological polar surface area (TPSA) is 66.9 Å². The van der Waals surface area contributed by atoms with Crippen molar-refractivity contribution < 1.29 is 8.83 Å². The minimum atomic E-state index is 0.786. The van der Waals surface area contributed by atoms with Gasteiger partial charge in [-0.15, -0.1) is 0 Å². The lowest BCUT2D eigenvalue weighted by atomic mass is 10.1. The first-order valence-electron chi connectivity index (χ1n) is 25.0. The number of benzene rings is 4. The van der Waals surface area contributed by atoms with Gasteiger partial charge in [-0.2, -0.15) is 0 Å². The van der Waals surface area contributed by atoms with Crippen molar-refractivity contribution in [2.24, 2.45) is 0 Å². The second kappa shape index (κ2) is 20.7. The van der Waals surface area contributed by atoms with Crippen molar-refractivity contribution >= 4 is 49.9 Å². The van der Waals surface area contributed by atoms with Crippen molar-refractivity contribution in [3.63, 3.8) is 0 Å². The van der Waals surface area contributed by atoms with Crippen LogP contribution in [-0.2, 0) is 19.6 Å². The summed E-state index contributed by atoms with van der Waals surface area (Å²) in [6, 6.07) is 43.2. The van der Waals surface area contributed by atoms with Crippen LogP contribution in [0.1, 0.15) is 72.8 Å². The summed E-state index contributed by atoms with van der Waals surface area (Å²) in [4.78, 5) is 14.9. The fourth-order valence-corrected chi connectivity index (χ4v) is 10.7. The highest BCUT2D eigenvalue weighted by molar-refractivity contribution is 5.95. The molecule has 4 aromatic carbocycles. The Balaban J connectivity index is 0.000000119. The van der Waals surface area contributed by atoms with E-state index >= 15 is 0 Å². The van der Waals surface area contributed by atoms with Crippen molar-refractivity contribution in [2.45, 2.75) is 78.9 Å². The molecule has 0 aliphatic carbocycles. The van der Waals surface area contributed by atoms with Gasteiger partial charge in [-0.1, -0.05) is 48.5 Å². The Morgan fingerprint density at radius 3 is 1.44 bits per heavy atom. The van der Waals surface area contributed by atoms with Crippen LogP contribution in [0.3, 0.4) is 0 Å². The maximum Gasteiger partial charge on any atom is 0.123 e. The van der Waals surface area contributed by atoms with Gasteiger partial charge < -0.3 is 42.1 Å². The normalized spacial score (nSPS) is 15.7. The largest absolute Gasteiger partial charge is 0.467 e. The first kappa shape index (κ1) is 45.1. The zero-order valence-corrected chi connectivity index (χ0v) is 40.6. The molecule has 3 fully saturated rings. The number of rotatable bonds is 9. The number of anilines is 3. The molecule has 0 bridgehead atoms. The van der Waals surface area contributed by atoms with Gasteiger partial charge in [-0.3, -0.25) is 0 Å². The number of aryl methyl sites for hydroxylation is 3. The van der Waals surface area contributed by atoms with E-state index in [1.54, 1.807) is 12.5 Å². The van der Waals surface area contributed by atoms with Crippen molar-refractivity contribution in [2.75, 3.05) is 74.1 Å². The third kappa shape index (κ3) is 9.83. The highest BCUT2D eigenvalue weighted by atomic mass is 16.3. The molecule has 0 atom stereocenters. The predicted molar refractivity (Wildman–Crippen MR) is 281 cm³/mol. The molecule has 0 spiro atoms. The number of aromatic nitrogens is 4. The number of hydrogen-bond acceptors (Lipinski definition) is 7. The molecule has 9 aromatic rings. The third-order valence-electron chi connectivity index (χ3n) is 14.4. The maximum absolute atomic E-state index is 5.53. The molecule has 0 N–H and O–H groups in total. The number of piperidine rings is 2. The molecule has 352 valence electrons. The summed E-state index contributed by atoms with van der Waals surface area (Å²) in [6.45, 7) is 18.1. The summed E-state index contributed by atoms with van der Waals surface area (Å²) in [5, 5.41) is 2.72. The SMILES string of the molecule is Cc1cc2c(N3CCCCC3)cccc2n1Cc1ccco1.Cc1cc2c(N3CCN(C)CC3)cccc2n1Cc1ccco1.Cc1nc2c(N3CCCCC3)cccc2n1Cc1ccccc1. The summed E-state index contributed by atoms with van der Waals surface area (Å²) in [6.07, 6.45) is 11.4. The van der Waals surface area contributed by atoms with Crippen LogP contribution in [0, 0.1) is 20.8 Å². The molecular formula is C58H68N8O2. The lowest BCUT2D eigenvalue weighted by molar-refractivity contribution is 0.313. The third-order valence-corrected chi connectivity index (χ3v) is 14.4. The van der Waals surface area contributed by atoms with Crippen molar-refractivity contribution in [1.82, 2.24) is 23.6 Å². The summed E-state index contributed by atoms with van der Waals surface area (Å²) < 4.78 is 18.1. The van der Waals surface area contributed by atoms with E-state index < -0.39 is 0 Å². The molecule has 68 heavy (non-hydrogen) atoms. The Morgan fingerprint density at radius 1 is 0.441 bits per heavy atom. The number of nitrogens with zero attached hydrogens (tertiary/aromatic N) is 8. The summed E-state index contributed by atoms with van der Waals surface area (Å²) in [5.41, 5.74) is 12.9. The van der Waals surface area contributed by atoms with Gasteiger partial charge in [0, 0.05) is 92.4 Å². The molecule has 0 radical (unpaired) electrons. The zero-order valence-electron chi connectivity index (χ0n) is 40.6. The molecule has 8 heterocycles. The van der Waals surface area contributed by atoms with Crippen LogP contribution in [0.2, 0.25) is 0 Å². The van der Waals surface area contributed by atoms with E-state index in [0.29, 0.717) is 0 Å². The molecule has 10 heteroatoms. The van der Waals surface area contributed by atoms with Crippen LogP contribution in [0.4, 0.5) is 17.1 Å². The second-order valence-corrected chi connectivity index (χ2v) is 19.1. The van der Waals surface area contributed by atoms with Crippen LogP contribution in [0.15, 0.2) is 143 Å². The quantitative estimate of drug-likeness (QED) is 0.143. The number of piperazine rings is 1. The molecule has 3 aliphatic rings. The Bertz CT molecular complexity index is 3010. The Kier molecular flexibility index (Phi) is 13.7. The zero-order chi connectivity index (χ0) is 46.4. The lowest BCUT2D eigenvalue weighted by Gasteiger charge is -2.34. The molecule has 0 amide bonds. The van der Waals surface area contributed by atoms with E-state index in [4.69, 9.17) is 13.8 Å². The van der Waals surface area contributed by atoms with Crippen LogP contribution in [0.5, 0.6) is 0 Å². The highest BCUT2D eigenvalue weighted by Gasteiger charge is 2.21. The highest BCUT2D eigenvalue weighted by Crippen LogP contribution is 2.34. The average Bonchev–Trinajstić information content (AvgIpc) is 4.24. The van der Waals surface area contributed by atoms with E-state index in [-0.39, 0.29) is 0 Å². The van der Waals surface area contributed by atoms with Gasteiger partial charge in [0.15, 0.2) is 0 Å². The van der Waals surface area contributed by atoms with Crippen molar-refractivity contribution in [3.8, 4) is 0 Å². The van der Waals surface area contributed by atoms with Crippen LogP contribution < -0.4 is 14.7 Å². The molecule has 12 rings (SSSR count). The average molecular weight is 909 g/mol. The summed E-state index contributed by atoms with van der Waals surface area (Å²) in [5.74, 6) is 3.09. The number of furan rings is 2. The minimum absolute atomic E-state index is 0.786. The fourth-order valence-electron chi connectivity index (χ4n) is 10.7. The number of imidazole rings is 1. The standard InChI is InChI=1S/C20H23N3.C19H23N3O.C19H22N2O/c1-16-21-20-18(22-13-6-3-7-14-22)11-8-12-19(20)23(16)15-17-9-4-2-5-10-17;1-15-13-17-18(21-10-8-20(2)9-11-21)6-3-7-19(17)22(15)14-16-5-4-12-23-16;1-15-13-17-18(20-10-3-2-4-11-20)8-5-9-19(17)21(15)14-16-7-6-12-22-16/h2,4-5,8-12H,3,6-7,13-15H2,1H3;3-7,12-13H,8-11,14H2,1-2H3;5-9,12-13H,2-4,10-11,14H2,1H3. The number of fused-ring (bicyclic) bond motifs is 3. The number of hydrogen-bond donors (Lipinski definition) is 0. The van der Waals surface area contributed by atoms with Crippen LogP contribution >= 0.6 is 0 Å². The van der Waals surface area contributed by atoms with Gasteiger partial charge in [0.25, 0.3) is 0 Å². The first-order chi connectivity index (χ1) is 33.4. The molecule has 5 aromatic heterocycles. The fraction of sp³-hybridized carbons (Fsp3) is 0.362. The van der Waals surface area contributed by atoms with Crippen molar-refractivity contribution in [3.05, 3.63) is 168 Å². The molecule has 0 unspecified atom stereocenters. The Labute approximate surface area is 402 Å². The number of para-hydroxylation sites is 1. The number of likely N-dealkylation sites (N-methyl/N-ethyl adjacent to an activating group) is 1. The van der Waals surface area contributed by atoms with Gasteiger partial charge in [-0.05, 0) is 145 Å². The van der Waals surface area contributed by atoms with Gasteiger partial charge >= 0.3 is 0 Å². The van der Waals surface area contributed by atoms with Gasteiger partial charge in [0.05, 0.1) is 47.9 Å². The van der Waals surface area contributed by atoms with E-state index in [9.17, 15) is 0 Å². The maximum atomic E-state index is 5.53. The smallest absolute Gasteiger partial charge is 0.123 e. The minimum Gasteiger partial charge on any atom is -0.467 e. The molecule has 3 saturated heterocycles. The van der Waals surface area contributed by atoms with Crippen LogP contribution in [-0.4, -0.2) is 83.0 Å². The predicted octanol–water partition coefficient (Wildman–Crippen LogP) is 12.3. The van der Waals surface area contributed by atoms with Gasteiger partial charge in [-0.25, -0.2) is 4.98 Å². The molecular weight excluding hydrogens is 841 g/mol. The van der Waals surface area contributed by atoms with Gasteiger partial charge in [0.2, 0.25) is 0 Å².